The van der Waals surface area contributed by atoms with E-state index < -0.39 is 11.9 Å². The second kappa shape index (κ2) is 6.88. The minimum Gasteiger partial charge on any atom is -0.465 e. The van der Waals surface area contributed by atoms with Crippen molar-refractivity contribution in [3.05, 3.63) is 33.2 Å². The highest BCUT2D eigenvalue weighted by molar-refractivity contribution is 5.92. The Bertz CT molecular complexity index is 574. The van der Waals surface area contributed by atoms with Gasteiger partial charge in [0.05, 0.1) is 18.8 Å². The fourth-order valence-corrected chi connectivity index (χ4v) is 1.97. The van der Waals surface area contributed by atoms with Crippen LogP contribution in [0.3, 0.4) is 0 Å². The number of ether oxygens (including phenoxy) is 2. The Morgan fingerprint density at radius 1 is 1.15 bits per heavy atom. The lowest BCUT2D eigenvalue weighted by molar-refractivity contribution is -0.143. The number of esters is 2. The first kappa shape index (κ1) is 15.9. The first-order valence-corrected chi connectivity index (χ1v) is 6.46. The van der Waals surface area contributed by atoms with E-state index in [-0.39, 0.29) is 25.3 Å². The van der Waals surface area contributed by atoms with Gasteiger partial charge in [0.1, 0.15) is 6.54 Å². The van der Waals surface area contributed by atoms with Crippen molar-refractivity contribution >= 4 is 11.9 Å². The summed E-state index contributed by atoms with van der Waals surface area (Å²) >= 11 is 0. The molecule has 6 nitrogen and oxygen atoms in total. The van der Waals surface area contributed by atoms with E-state index in [0.717, 1.165) is 0 Å². The molecule has 0 radical (unpaired) electrons. The van der Waals surface area contributed by atoms with Crippen LogP contribution in [-0.2, 0) is 20.8 Å². The second-order valence-electron chi connectivity index (χ2n) is 4.24. The predicted molar refractivity (Wildman–Crippen MR) is 72.8 cm³/mol. The molecule has 0 saturated heterocycles. The van der Waals surface area contributed by atoms with Gasteiger partial charge in [0, 0.05) is 11.8 Å². The number of rotatable bonds is 5. The number of nitrogens with zero attached hydrogens (tertiary/aromatic N) is 1. The molecule has 0 aliphatic rings. The summed E-state index contributed by atoms with van der Waals surface area (Å²) in [5.41, 5.74) is 0.907. The van der Waals surface area contributed by atoms with Crippen LogP contribution in [0.2, 0.25) is 0 Å². The van der Waals surface area contributed by atoms with Crippen LogP contribution in [0.4, 0.5) is 0 Å². The van der Waals surface area contributed by atoms with Gasteiger partial charge < -0.3 is 14.0 Å². The maximum atomic E-state index is 11.9. The van der Waals surface area contributed by atoms with Crippen molar-refractivity contribution in [2.75, 3.05) is 13.2 Å². The van der Waals surface area contributed by atoms with Gasteiger partial charge in [-0.3, -0.25) is 9.59 Å². The van der Waals surface area contributed by atoms with E-state index in [4.69, 9.17) is 9.47 Å². The van der Waals surface area contributed by atoms with Gasteiger partial charge in [-0.1, -0.05) is 0 Å². The predicted octanol–water partition coefficient (Wildman–Crippen LogP) is 1.20. The third-order valence-corrected chi connectivity index (χ3v) is 2.84. The average molecular weight is 281 g/mol. The Balaban J connectivity index is 3.25. The topological polar surface area (TPSA) is 74.6 Å². The molecule has 0 N–H and O–H groups in total. The molecule has 20 heavy (non-hydrogen) atoms. The minimum atomic E-state index is -0.517. The minimum absolute atomic E-state index is 0.217. The van der Waals surface area contributed by atoms with Crippen LogP contribution in [0.5, 0.6) is 0 Å². The molecular formula is C14H19NO5. The molecule has 0 spiro atoms. The highest BCUT2D eigenvalue weighted by Gasteiger charge is 2.19. The second-order valence-corrected chi connectivity index (χ2v) is 4.24. The number of aromatic nitrogens is 1. The van der Waals surface area contributed by atoms with Gasteiger partial charge in [0.15, 0.2) is 0 Å². The van der Waals surface area contributed by atoms with Crippen LogP contribution < -0.4 is 5.56 Å². The van der Waals surface area contributed by atoms with E-state index in [1.54, 1.807) is 27.7 Å². The summed E-state index contributed by atoms with van der Waals surface area (Å²) in [6, 6.07) is 1.32. The number of carbonyl (C=O) groups is 2. The molecule has 0 bridgehead atoms. The molecule has 0 amide bonds. The molecule has 110 valence electrons. The standard InChI is InChI=1S/C14H19NO5/c1-5-19-12(17)8-15-10(4)13(14(18)20-6-2)9(3)7-11(15)16/h7H,5-6,8H2,1-4H3. The molecular weight excluding hydrogens is 262 g/mol. The van der Waals surface area contributed by atoms with Gasteiger partial charge in [0.2, 0.25) is 0 Å². The van der Waals surface area contributed by atoms with E-state index in [0.29, 0.717) is 16.8 Å². The van der Waals surface area contributed by atoms with Crippen LogP contribution in [0.15, 0.2) is 10.9 Å². The largest absolute Gasteiger partial charge is 0.465 e. The van der Waals surface area contributed by atoms with Gasteiger partial charge in [-0.05, 0) is 33.3 Å². The number of hydrogen-bond donors (Lipinski definition) is 0. The van der Waals surface area contributed by atoms with Crippen molar-refractivity contribution in [3.63, 3.8) is 0 Å². The monoisotopic (exact) mass is 281 g/mol. The summed E-state index contributed by atoms with van der Waals surface area (Å²) in [7, 11) is 0. The number of pyridine rings is 1. The quantitative estimate of drug-likeness (QED) is 0.758. The van der Waals surface area contributed by atoms with Crippen LogP contribution in [0.25, 0.3) is 0 Å². The maximum absolute atomic E-state index is 11.9. The Morgan fingerprint density at radius 2 is 1.75 bits per heavy atom. The molecule has 1 heterocycles. The number of aryl methyl sites for hydroxylation is 1. The molecule has 0 aromatic carbocycles. The van der Waals surface area contributed by atoms with E-state index in [9.17, 15) is 14.4 Å². The Hall–Kier alpha value is -2.11. The molecule has 0 unspecified atom stereocenters. The summed E-state index contributed by atoms with van der Waals surface area (Å²) in [5, 5.41) is 0. The molecule has 1 aromatic heterocycles. The molecule has 1 aromatic rings. The smallest absolute Gasteiger partial charge is 0.340 e. The first-order chi connectivity index (χ1) is 9.42. The van der Waals surface area contributed by atoms with Gasteiger partial charge >= 0.3 is 11.9 Å². The number of hydrogen-bond acceptors (Lipinski definition) is 5. The van der Waals surface area contributed by atoms with E-state index in [1.165, 1.54) is 10.6 Å². The lowest BCUT2D eigenvalue weighted by Gasteiger charge is -2.14. The Labute approximate surface area is 117 Å². The van der Waals surface area contributed by atoms with Crippen LogP contribution in [0, 0.1) is 13.8 Å². The Kier molecular flexibility index (Phi) is 5.49. The Morgan fingerprint density at radius 3 is 2.30 bits per heavy atom. The first-order valence-electron chi connectivity index (χ1n) is 6.46. The van der Waals surface area contributed by atoms with Crippen molar-refractivity contribution in [1.29, 1.82) is 0 Å². The summed E-state index contributed by atoms with van der Waals surface area (Å²) in [5.74, 6) is -1.02. The average Bonchev–Trinajstić information content (AvgIpc) is 2.35. The molecule has 0 atom stereocenters. The fourth-order valence-electron chi connectivity index (χ4n) is 1.97. The number of carbonyl (C=O) groups excluding carboxylic acids is 2. The molecule has 0 saturated carbocycles. The maximum Gasteiger partial charge on any atom is 0.340 e. The zero-order chi connectivity index (χ0) is 15.3. The van der Waals surface area contributed by atoms with E-state index >= 15 is 0 Å². The highest BCUT2D eigenvalue weighted by Crippen LogP contribution is 2.13. The third kappa shape index (κ3) is 3.46. The molecule has 6 heteroatoms. The van der Waals surface area contributed by atoms with Gasteiger partial charge in [-0.25, -0.2) is 4.79 Å². The van der Waals surface area contributed by atoms with Gasteiger partial charge in [-0.2, -0.15) is 0 Å². The molecule has 0 aliphatic heterocycles. The zero-order valence-electron chi connectivity index (χ0n) is 12.2. The fraction of sp³-hybridized carbons (Fsp3) is 0.500. The normalized spacial score (nSPS) is 10.2. The van der Waals surface area contributed by atoms with Gasteiger partial charge in [-0.15, -0.1) is 0 Å². The molecule has 0 aliphatic carbocycles. The van der Waals surface area contributed by atoms with E-state index in [1.807, 2.05) is 0 Å². The van der Waals surface area contributed by atoms with Crippen molar-refractivity contribution in [2.24, 2.45) is 0 Å². The van der Waals surface area contributed by atoms with Gasteiger partial charge in [0.25, 0.3) is 5.56 Å². The van der Waals surface area contributed by atoms with Crippen molar-refractivity contribution in [2.45, 2.75) is 34.2 Å². The van der Waals surface area contributed by atoms with Crippen LogP contribution >= 0.6 is 0 Å². The highest BCUT2D eigenvalue weighted by atomic mass is 16.5. The lowest BCUT2D eigenvalue weighted by atomic mass is 10.1. The van der Waals surface area contributed by atoms with Crippen molar-refractivity contribution in [3.8, 4) is 0 Å². The van der Waals surface area contributed by atoms with Crippen LogP contribution in [-0.4, -0.2) is 29.7 Å². The summed E-state index contributed by atoms with van der Waals surface area (Å²) in [4.78, 5) is 35.4. The van der Waals surface area contributed by atoms with E-state index in [2.05, 4.69) is 0 Å². The van der Waals surface area contributed by atoms with Crippen molar-refractivity contribution in [1.82, 2.24) is 4.57 Å². The third-order valence-electron chi connectivity index (χ3n) is 2.84. The van der Waals surface area contributed by atoms with Crippen molar-refractivity contribution < 1.29 is 19.1 Å². The molecule has 1 rings (SSSR count). The van der Waals surface area contributed by atoms with Crippen LogP contribution in [0.1, 0.15) is 35.5 Å². The zero-order valence-corrected chi connectivity index (χ0v) is 12.2. The lowest BCUT2D eigenvalue weighted by Crippen LogP contribution is -2.29. The summed E-state index contributed by atoms with van der Waals surface area (Å²) < 4.78 is 11.0. The summed E-state index contributed by atoms with van der Waals surface area (Å²) in [6.07, 6.45) is 0. The SMILES string of the molecule is CCOC(=O)Cn1c(C)c(C(=O)OCC)c(C)cc1=O. The molecule has 0 fully saturated rings. The summed E-state index contributed by atoms with van der Waals surface area (Å²) in [6.45, 7) is 6.93.